The molecule has 1 N–H and O–H groups in total. The highest BCUT2D eigenvalue weighted by Gasteiger charge is 2.21. The number of hydrogen-bond acceptors (Lipinski definition) is 4. The molecule has 0 amide bonds. The Labute approximate surface area is 251 Å². The van der Waals surface area contributed by atoms with Crippen LogP contribution >= 0.6 is 0 Å². The molecule has 0 saturated heterocycles. The third kappa shape index (κ3) is 5.93. The molecule has 0 spiro atoms. The Morgan fingerprint density at radius 1 is 0.744 bits per heavy atom. The Hall–Kier alpha value is -5.16. The van der Waals surface area contributed by atoms with Crippen molar-refractivity contribution in [3.8, 4) is 22.5 Å². The van der Waals surface area contributed by atoms with Crippen LogP contribution in [-0.2, 0) is 13.0 Å². The second-order valence-electron chi connectivity index (χ2n) is 10.7. The number of benzene rings is 5. The van der Waals surface area contributed by atoms with Crippen molar-refractivity contribution in [3.63, 3.8) is 0 Å². The predicted octanol–water partition coefficient (Wildman–Crippen LogP) is 6.58. The largest absolute Gasteiger partial charge is 0.545 e. The summed E-state index contributed by atoms with van der Waals surface area (Å²) in [6.45, 7) is 6.66. The van der Waals surface area contributed by atoms with Crippen LogP contribution in [0.2, 0.25) is 0 Å². The number of hydrogen-bond donors (Lipinski definition) is 1. The van der Waals surface area contributed by atoms with E-state index in [1.807, 2.05) is 48.5 Å². The zero-order chi connectivity index (χ0) is 29.8. The van der Waals surface area contributed by atoms with E-state index in [0.29, 0.717) is 23.5 Å². The molecule has 1 aliphatic carbocycles. The lowest BCUT2D eigenvalue weighted by atomic mass is 9.90. The van der Waals surface area contributed by atoms with Gasteiger partial charge >= 0.3 is 0 Å². The van der Waals surface area contributed by atoms with Crippen molar-refractivity contribution in [1.82, 2.24) is 4.58 Å². The molecule has 4 aromatic rings. The van der Waals surface area contributed by atoms with Crippen LogP contribution in [0.15, 0.2) is 120 Å². The van der Waals surface area contributed by atoms with Gasteiger partial charge in [-0.2, -0.15) is 0 Å². The Bertz CT molecular complexity index is 1930. The molecule has 4 aromatic carbocycles. The smallest absolute Gasteiger partial charge is 0.203 e. The highest BCUT2D eigenvalue weighted by molar-refractivity contribution is 6.07. The van der Waals surface area contributed by atoms with E-state index < -0.39 is 5.97 Å². The minimum Gasteiger partial charge on any atom is -0.545 e. The van der Waals surface area contributed by atoms with Gasteiger partial charge in [-0.1, -0.05) is 78.9 Å². The van der Waals surface area contributed by atoms with Gasteiger partial charge < -0.3 is 19.6 Å². The molecule has 2 aliphatic rings. The van der Waals surface area contributed by atoms with Crippen LogP contribution in [0.1, 0.15) is 40.9 Å². The Kier molecular flexibility index (Phi) is 8.05. The molecule has 5 heteroatoms. The van der Waals surface area contributed by atoms with Crippen molar-refractivity contribution in [2.45, 2.75) is 26.8 Å². The second-order valence-corrected chi connectivity index (χ2v) is 10.7. The maximum Gasteiger partial charge on any atom is 0.203 e. The lowest BCUT2D eigenvalue weighted by molar-refractivity contribution is -0.254. The van der Waals surface area contributed by atoms with Crippen LogP contribution in [0.4, 0.5) is 5.69 Å². The van der Waals surface area contributed by atoms with Gasteiger partial charge in [-0.3, -0.25) is 0 Å². The fourth-order valence-corrected chi connectivity index (χ4v) is 5.76. The summed E-state index contributed by atoms with van der Waals surface area (Å²) in [4.78, 5) is 12.2. The first-order chi connectivity index (χ1) is 21.0. The molecule has 0 saturated carbocycles. The van der Waals surface area contributed by atoms with Gasteiger partial charge in [0.2, 0.25) is 5.36 Å². The van der Waals surface area contributed by atoms with E-state index in [2.05, 4.69) is 78.3 Å². The van der Waals surface area contributed by atoms with Gasteiger partial charge in [0.05, 0.1) is 12.0 Å². The predicted molar refractivity (Wildman–Crippen MR) is 172 cm³/mol. The van der Waals surface area contributed by atoms with Crippen LogP contribution in [-0.4, -0.2) is 19.1 Å². The van der Waals surface area contributed by atoms with Crippen molar-refractivity contribution in [2.24, 2.45) is 0 Å². The highest BCUT2D eigenvalue weighted by Crippen LogP contribution is 2.41. The molecule has 0 bridgehead atoms. The van der Waals surface area contributed by atoms with Gasteiger partial charge in [0, 0.05) is 40.4 Å². The first kappa shape index (κ1) is 28.0. The quantitative estimate of drug-likeness (QED) is 0.159. The lowest BCUT2D eigenvalue weighted by Crippen LogP contribution is -2.29. The standard InChI is InChI=1S/C38H34N2O3/c1-3-40(4-2)30-19-20-33-36(24-30)43-35-21-18-29(23-34(35)37(33)31-12-8-9-13-32(31)38(41)42)39-25-28-16-14-27(15-17-28)22-26-10-6-5-7-11-26/h5-21,23-24,39H,3-4,22,25H2,1-2H3. The molecule has 214 valence electrons. The minimum atomic E-state index is -1.21. The Balaban J connectivity index is 1.39. The van der Waals surface area contributed by atoms with Crippen molar-refractivity contribution >= 4 is 22.6 Å². The number of aromatic carboxylic acids is 1. The maximum atomic E-state index is 12.2. The van der Waals surface area contributed by atoms with Gasteiger partial charge in [-0.25, -0.2) is 4.58 Å². The summed E-state index contributed by atoms with van der Waals surface area (Å²) >= 11 is 0. The molecule has 0 aromatic heterocycles. The fourth-order valence-electron chi connectivity index (χ4n) is 5.76. The van der Waals surface area contributed by atoms with Gasteiger partial charge in [-0.05, 0) is 66.8 Å². The van der Waals surface area contributed by atoms with E-state index in [-0.39, 0.29) is 5.56 Å². The molecule has 0 radical (unpaired) electrons. The van der Waals surface area contributed by atoms with Crippen LogP contribution in [0.25, 0.3) is 33.4 Å². The Morgan fingerprint density at radius 3 is 2.19 bits per heavy atom. The number of anilines is 1. The lowest BCUT2D eigenvalue weighted by Gasteiger charge is -2.19. The van der Waals surface area contributed by atoms with Crippen LogP contribution in [0, 0.1) is 0 Å². The topological polar surface area (TPSA) is 68.3 Å². The van der Waals surface area contributed by atoms with Crippen molar-refractivity contribution in [1.29, 1.82) is 0 Å². The summed E-state index contributed by atoms with van der Waals surface area (Å²) in [5, 5.41) is 17.6. The van der Waals surface area contributed by atoms with Crippen molar-refractivity contribution in [2.75, 3.05) is 18.4 Å². The average Bonchev–Trinajstić information content (AvgIpc) is 3.04. The van der Waals surface area contributed by atoms with Crippen LogP contribution < -0.4 is 20.4 Å². The SMILES string of the molecule is CC[N+](CC)=c1ccc2c(-c3ccccc3C(=O)[O-])c3cc(NCc4ccc(Cc5ccccc5)cc4)ccc3oc-2c1. The number of fused-ring (bicyclic) bond motifs is 2. The van der Waals surface area contributed by atoms with E-state index in [9.17, 15) is 9.90 Å². The first-order valence-electron chi connectivity index (χ1n) is 14.8. The summed E-state index contributed by atoms with van der Waals surface area (Å²) in [6.07, 6.45) is 0.906. The normalized spacial score (nSPS) is 11.1. The van der Waals surface area contributed by atoms with E-state index in [1.165, 1.54) is 16.7 Å². The van der Waals surface area contributed by atoms with Gasteiger partial charge in [0.25, 0.3) is 0 Å². The van der Waals surface area contributed by atoms with Gasteiger partial charge in [0.1, 0.15) is 24.4 Å². The number of carbonyl (C=O) groups excluding carboxylic acids is 1. The first-order valence-corrected chi connectivity index (χ1v) is 14.8. The van der Waals surface area contributed by atoms with E-state index in [4.69, 9.17) is 4.42 Å². The van der Waals surface area contributed by atoms with E-state index >= 15 is 0 Å². The number of nitrogens with one attached hydrogen (secondary N) is 1. The van der Waals surface area contributed by atoms with E-state index in [1.54, 1.807) is 12.1 Å². The minimum absolute atomic E-state index is 0.151. The Morgan fingerprint density at radius 2 is 1.44 bits per heavy atom. The molecule has 0 atom stereocenters. The summed E-state index contributed by atoms with van der Waals surface area (Å²) in [5.41, 5.74) is 7.77. The molecule has 43 heavy (non-hydrogen) atoms. The number of nitrogens with zero attached hydrogens (tertiary/aromatic N) is 1. The van der Waals surface area contributed by atoms with Crippen molar-refractivity contribution in [3.05, 3.63) is 143 Å². The molecule has 1 heterocycles. The monoisotopic (exact) mass is 566 g/mol. The van der Waals surface area contributed by atoms with Gasteiger partial charge in [-0.15, -0.1) is 0 Å². The molecule has 1 aliphatic heterocycles. The van der Waals surface area contributed by atoms with Gasteiger partial charge in [0.15, 0.2) is 0 Å². The second kappa shape index (κ2) is 12.4. The summed E-state index contributed by atoms with van der Waals surface area (Å²) in [6, 6.07) is 38.3. The maximum absolute atomic E-state index is 12.2. The average molecular weight is 567 g/mol. The van der Waals surface area contributed by atoms with Crippen LogP contribution in [0.3, 0.4) is 0 Å². The number of carbonyl (C=O) groups is 1. The molecule has 5 nitrogen and oxygen atoms in total. The summed E-state index contributed by atoms with van der Waals surface area (Å²) < 4.78 is 8.71. The molecule has 6 rings (SSSR count). The summed E-state index contributed by atoms with van der Waals surface area (Å²) in [7, 11) is 0. The van der Waals surface area contributed by atoms with Crippen molar-refractivity contribution < 1.29 is 14.3 Å². The summed E-state index contributed by atoms with van der Waals surface area (Å²) in [5.74, 6) is -0.501. The molecule has 0 unspecified atom stereocenters. The number of carboxylic acids is 1. The third-order valence-corrected chi connectivity index (χ3v) is 8.02. The molecular weight excluding hydrogens is 532 g/mol. The number of carboxylic acid groups (broad SMARTS) is 1. The fraction of sp³-hybridized carbons (Fsp3) is 0.158. The number of rotatable bonds is 9. The van der Waals surface area contributed by atoms with Crippen LogP contribution in [0.5, 0.6) is 0 Å². The van der Waals surface area contributed by atoms with E-state index in [0.717, 1.165) is 47.1 Å². The third-order valence-electron chi connectivity index (χ3n) is 8.02. The molecule has 0 fully saturated rings. The zero-order valence-electron chi connectivity index (χ0n) is 24.5. The molecular formula is C38H34N2O3. The highest BCUT2D eigenvalue weighted by atomic mass is 16.4. The zero-order valence-corrected chi connectivity index (χ0v) is 24.5.